The molecule has 1 unspecified atom stereocenters. The predicted octanol–water partition coefficient (Wildman–Crippen LogP) is 5.09. The van der Waals surface area contributed by atoms with Crippen LogP contribution in [0.1, 0.15) is 65.9 Å². The Morgan fingerprint density at radius 2 is 1.94 bits per heavy atom. The number of hydrogen-bond acceptors (Lipinski definition) is 6. The molecule has 2 rings (SSSR count). The van der Waals surface area contributed by atoms with E-state index in [2.05, 4.69) is 37.3 Å². The number of aryl methyl sites for hydroxylation is 1. The van der Waals surface area contributed by atoms with E-state index in [9.17, 15) is 19.8 Å². The molecule has 1 aliphatic heterocycles. The highest BCUT2D eigenvalue weighted by molar-refractivity contribution is 5.70. The average molecular weight is 499 g/mol. The van der Waals surface area contributed by atoms with Gasteiger partial charge in [-0.15, -0.1) is 0 Å². The maximum absolute atomic E-state index is 12.6. The average Bonchev–Trinajstić information content (AvgIpc) is 2.82. The Morgan fingerprint density at radius 1 is 1.25 bits per heavy atom. The van der Waals surface area contributed by atoms with Gasteiger partial charge in [-0.3, -0.25) is 9.59 Å². The Hall–Kier alpha value is -2.70. The van der Waals surface area contributed by atoms with Gasteiger partial charge in [0, 0.05) is 12.8 Å². The second-order valence-corrected chi connectivity index (χ2v) is 10.2. The summed E-state index contributed by atoms with van der Waals surface area (Å²) in [6.07, 6.45) is 9.34. The summed E-state index contributed by atoms with van der Waals surface area (Å²) in [6, 6.07) is 10.4. The molecule has 198 valence electrons. The zero-order valence-corrected chi connectivity index (χ0v) is 22.2. The molecule has 6 atom stereocenters. The highest BCUT2D eigenvalue weighted by Gasteiger charge is 2.34. The number of carbonyl (C=O) groups excluding carboxylic acids is 2. The van der Waals surface area contributed by atoms with Crippen LogP contribution in [0, 0.1) is 11.8 Å². The number of aliphatic hydroxyl groups is 2. The molecule has 0 aliphatic carbocycles. The lowest BCUT2D eigenvalue weighted by Crippen LogP contribution is -2.42. The topological polar surface area (TPSA) is 93.1 Å². The second-order valence-electron chi connectivity index (χ2n) is 10.2. The van der Waals surface area contributed by atoms with Crippen LogP contribution in [0.3, 0.4) is 0 Å². The highest BCUT2D eigenvalue weighted by Crippen LogP contribution is 2.27. The number of benzene rings is 1. The van der Waals surface area contributed by atoms with Gasteiger partial charge in [-0.05, 0) is 62.7 Å². The van der Waals surface area contributed by atoms with Crippen LogP contribution in [0.15, 0.2) is 66.3 Å². The van der Waals surface area contributed by atoms with Crippen LogP contribution >= 0.6 is 0 Å². The zero-order valence-electron chi connectivity index (χ0n) is 22.2. The molecule has 0 saturated carbocycles. The molecule has 1 heterocycles. The third-order valence-corrected chi connectivity index (χ3v) is 6.60. The van der Waals surface area contributed by atoms with Gasteiger partial charge in [-0.25, -0.2) is 0 Å². The predicted molar refractivity (Wildman–Crippen MR) is 141 cm³/mol. The monoisotopic (exact) mass is 498 g/mol. The van der Waals surface area contributed by atoms with E-state index < -0.39 is 35.9 Å². The Kier molecular flexibility index (Phi) is 11.6. The van der Waals surface area contributed by atoms with Crippen LogP contribution in [0.25, 0.3) is 0 Å². The minimum atomic E-state index is -1.38. The van der Waals surface area contributed by atoms with Crippen molar-refractivity contribution in [2.45, 2.75) is 90.6 Å². The van der Waals surface area contributed by atoms with Crippen molar-refractivity contribution in [2.75, 3.05) is 0 Å². The van der Waals surface area contributed by atoms with Crippen LogP contribution < -0.4 is 0 Å². The van der Waals surface area contributed by atoms with Crippen molar-refractivity contribution in [2.24, 2.45) is 11.8 Å². The Morgan fingerprint density at radius 3 is 2.61 bits per heavy atom. The van der Waals surface area contributed by atoms with Gasteiger partial charge in [0.05, 0.1) is 12.5 Å². The SMILES string of the molecule is CC(=O)O[C@H]1/C=C\[C@H](C)[C@@H](/C(C)=C/C=C/C(C)CCc2ccccc2)OC(=O)C[C@@H](O)CC[C@]1(C)O. The van der Waals surface area contributed by atoms with Crippen LogP contribution in [0.2, 0.25) is 0 Å². The lowest BCUT2D eigenvalue weighted by atomic mass is 9.88. The summed E-state index contributed by atoms with van der Waals surface area (Å²) in [5.41, 5.74) is 0.790. The number of allylic oxidation sites excluding steroid dienone is 3. The number of esters is 2. The molecule has 1 aromatic rings. The van der Waals surface area contributed by atoms with E-state index in [1.54, 1.807) is 13.0 Å². The van der Waals surface area contributed by atoms with E-state index >= 15 is 0 Å². The lowest BCUT2D eigenvalue weighted by Gasteiger charge is -2.32. The molecular weight excluding hydrogens is 456 g/mol. The maximum Gasteiger partial charge on any atom is 0.309 e. The van der Waals surface area contributed by atoms with Crippen LogP contribution in [-0.4, -0.2) is 46.1 Å². The molecule has 1 aromatic carbocycles. The molecule has 0 spiro atoms. The molecule has 0 saturated heterocycles. The second kappa shape index (κ2) is 14.1. The number of ether oxygens (including phenoxy) is 2. The number of aliphatic hydroxyl groups excluding tert-OH is 1. The third-order valence-electron chi connectivity index (χ3n) is 6.60. The summed E-state index contributed by atoms with van der Waals surface area (Å²) in [4.78, 5) is 24.2. The summed E-state index contributed by atoms with van der Waals surface area (Å²) in [5, 5.41) is 21.2. The van der Waals surface area contributed by atoms with Crippen molar-refractivity contribution in [1.82, 2.24) is 0 Å². The van der Waals surface area contributed by atoms with Gasteiger partial charge in [-0.1, -0.05) is 68.5 Å². The quantitative estimate of drug-likeness (QED) is 0.309. The number of cyclic esters (lactones) is 1. The van der Waals surface area contributed by atoms with Gasteiger partial charge in [0.15, 0.2) is 0 Å². The smallest absolute Gasteiger partial charge is 0.309 e. The van der Waals surface area contributed by atoms with Gasteiger partial charge in [0.25, 0.3) is 0 Å². The molecule has 0 amide bonds. The summed E-state index contributed by atoms with van der Waals surface area (Å²) >= 11 is 0. The molecule has 36 heavy (non-hydrogen) atoms. The number of carbonyl (C=O) groups is 2. The van der Waals surface area contributed by atoms with Crippen LogP contribution in [0.4, 0.5) is 0 Å². The van der Waals surface area contributed by atoms with E-state index in [0.29, 0.717) is 5.92 Å². The normalized spacial score (nSPS) is 30.1. The molecule has 0 fully saturated rings. The standard InChI is InChI=1S/C30H42O6/c1-21(14-16-25-12-7-6-8-13-25)10-9-11-22(2)29-23(3)15-17-27(35-24(4)31)30(5,34)19-18-26(32)20-28(33)36-29/h6-13,15,17,21,23,26-27,29,32,34H,14,16,18-20H2,1-5H3/b10-9+,17-15-,22-11+/t21?,23-,26-,27-,29+,30-/m0/s1. The first kappa shape index (κ1) is 29.5. The first-order valence-electron chi connectivity index (χ1n) is 12.8. The van der Waals surface area contributed by atoms with Gasteiger partial charge >= 0.3 is 11.9 Å². The molecule has 6 nitrogen and oxygen atoms in total. The van der Waals surface area contributed by atoms with Gasteiger partial charge in [-0.2, -0.15) is 0 Å². The van der Waals surface area contributed by atoms with Gasteiger partial charge in [0.1, 0.15) is 17.8 Å². The van der Waals surface area contributed by atoms with E-state index in [1.165, 1.54) is 12.5 Å². The van der Waals surface area contributed by atoms with Crippen molar-refractivity contribution in [3.05, 3.63) is 71.8 Å². The van der Waals surface area contributed by atoms with Crippen LogP contribution in [0.5, 0.6) is 0 Å². The maximum atomic E-state index is 12.6. The van der Waals surface area contributed by atoms with Crippen LogP contribution in [-0.2, 0) is 25.5 Å². The van der Waals surface area contributed by atoms with E-state index in [1.807, 2.05) is 38.1 Å². The van der Waals surface area contributed by atoms with Crippen molar-refractivity contribution >= 4 is 11.9 Å². The lowest BCUT2D eigenvalue weighted by molar-refractivity contribution is -0.157. The van der Waals surface area contributed by atoms with Gasteiger partial charge < -0.3 is 19.7 Å². The first-order valence-corrected chi connectivity index (χ1v) is 12.8. The van der Waals surface area contributed by atoms with E-state index in [4.69, 9.17) is 9.47 Å². The molecule has 1 aliphatic rings. The molecule has 0 bridgehead atoms. The van der Waals surface area contributed by atoms with E-state index in [-0.39, 0.29) is 25.2 Å². The molecule has 2 N–H and O–H groups in total. The summed E-state index contributed by atoms with van der Waals surface area (Å²) in [5.74, 6) is -0.861. The van der Waals surface area contributed by atoms with Crippen molar-refractivity contribution in [3.8, 4) is 0 Å². The first-order chi connectivity index (χ1) is 17.0. The summed E-state index contributed by atoms with van der Waals surface area (Å²) in [7, 11) is 0. The Balaban J connectivity index is 2.17. The fraction of sp³-hybridized carbons (Fsp3) is 0.533. The fourth-order valence-electron chi connectivity index (χ4n) is 4.26. The fourth-order valence-corrected chi connectivity index (χ4v) is 4.26. The zero-order chi connectivity index (χ0) is 26.7. The molecule has 0 aromatic heterocycles. The Bertz CT molecular complexity index is 930. The minimum Gasteiger partial charge on any atom is -0.457 e. The molecular formula is C30H42O6. The highest BCUT2D eigenvalue weighted by atomic mass is 16.6. The van der Waals surface area contributed by atoms with Crippen molar-refractivity contribution in [1.29, 1.82) is 0 Å². The molecule has 6 heteroatoms. The summed E-state index contributed by atoms with van der Waals surface area (Å²) < 4.78 is 11.1. The van der Waals surface area contributed by atoms with Crippen molar-refractivity contribution < 1.29 is 29.3 Å². The Labute approximate surface area is 215 Å². The summed E-state index contributed by atoms with van der Waals surface area (Å²) in [6.45, 7) is 8.84. The minimum absolute atomic E-state index is 0.160. The third kappa shape index (κ3) is 10.1. The van der Waals surface area contributed by atoms with Crippen molar-refractivity contribution in [3.63, 3.8) is 0 Å². The number of rotatable bonds is 7. The molecule has 0 radical (unpaired) electrons. The van der Waals surface area contributed by atoms with E-state index in [0.717, 1.165) is 18.4 Å². The largest absolute Gasteiger partial charge is 0.457 e. The number of hydrogen-bond donors (Lipinski definition) is 2. The van der Waals surface area contributed by atoms with Gasteiger partial charge in [0.2, 0.25) is 0 Å².